The van der Waals surface area contributed by atoms with Crippen LogP contribution in [-0.4, -0.2) is 22.0 Å². The maximum atomic E-state index is 13.5. The van der Waals surface area contributed by atoms with E-state index in [0.717, 1.165) is 54.3 Å². The standard InChI is InChI=1S/C36H37F3N2O4/c1-35(2,3)25-12-15-27(16-13-25)45-28-14-11-23-19-32(40-31(29(23)20-28)17-22-7-4-5-8-22)34(44)41-30(21-33(42)43)24-9-6-10-26(18-24)36(37,38)39/h6,9-16,18-20,22,30H,4-5,7-8,17,21H2,1-3H3,(H,41,44)(H,42,43). The quantitative estimate of drug-likeness (QED) is 0.195. The Labute approximate surface area is 260 Å². The number of fused-ring (bicyclic) bond motifs is 1. The Morgan fingerprint density at radius 1 is 0.933 bits per heavy atom. The van der Waals surface area contributed by atoms with Gasteiger partial charge in [-0.3, -0.25) is 9.59 Å². The zero-order valence-electron chi connectivity index (χ0n) is 25.6. The molecule has 9 heteroatoms. The number of pyridine rings is 1. The topological polar surface area (TPSA) is 88.5 Å². The summed E-state index contributed by atoms with van der Waals surface area (Å²) in [7, 11) is 0. The number of aromatic nitrogens is 1. The first-order valence-electron chi connectivity index (χ1n) is 15.2. The molecule has 236 valence electrons. The number of amides is 1. The van der Waals surface area contributed by atoms with Gasteiger partial charge < -0.3 is 15.2 Å². The van der Waals surface area contributed by atoms with Gasteiger partial charge in [0.1, 0.15) is 17.2 Å². The monoisotopic (exact) mass is 618 g/mol. The summed E-state index contributed by atoms with van der Waals surface area (Å²) in [5.74, 6) is -0.177. The molecule has 2 N–H and O–H groups in total. The van der Waals surface area contributed by atoms with Crippen LogP contribution in [0.1, 0.15) is 91.8 Å². The minimum absolute atomic E-state index is 0.0209. The third-order valence-corrected chi connectivity index (χ3v) is 8.33. The Kier molecular flexibility index (Phi) is 9.18. The minimum Gasteiger partial charge on any atom is -0.481 e. The van der Waals surface area contributed by atoms with Crippen molar-refractivity contribution in [2.45, 2.75) is 76.9 Å². The Balaban J connectivity index is 1.46. The summed E-state index contributed by atoms with van der Waals surface area (Å²) >= 11 is 0. The Morgan fingerprint density at radius 3 is 2.27 bits per heavy atom. The Bertz CT molecular complexity index is 1690. The number of halogens is 3. The number of carboxylic acid groups (broad SMARTS) is 1. The number of rotatable bonds is 9. The SMILES string of the molecule is CC(C)(C)c1ccc(Oc2ccc3cc(C(=O)NC(CC(=O)O)c4cccc(C(F)(F)F)c4)nc(CC4CCCC4)c3c2)cc1. The van der Waals surface area contributed by atoms with E-state index in [1.54, 1.807) is 6.07 Å². The third-order valence-electron chi connectivity index (χ3n) is 8.33. The van der Waals surface area contributed by atoms with Crippen LogP contribution in [0, 0.1) is 5.92 Å². The molecule has 0 spiro atoms. The van der Waals surface area contributed by atoms with E-state index in [4.69, 9.17) is 9.72 Å². The van der Waals surface area contributed by atoms with Crippen molar-refractivity contribution in [3.05, 3.63) is 101 Å². The molecule has 6 nitrogen and oxygen atoms in total. The van der Waals surface area contributed by atoms with Gasteiger partial charge in [0.25, 0.3) is 5.91 Å². The predicted molar refractivity (Wildman–Crippen MR) is 167 cm³/mol. The average molecular weight is 619 g/mol. The normalized spacial score (nSPS) is 14.8. The highest BCUT2D eigenvalue weighted by Crippen LogP contribution is 2.34. The molecule has 1 saturated carbocycles. The first-order valence-corrected chi connectivity index (χ1v) is 15.2. The number of ether oxygens (including phenoxy) is 1. The molecular weight excluding hydrogens is 581 g/mol. The molecule has 0 bridgehead atoms. The lowest BCUT2D eigenvalue weighted by molar-refractivity contribution is -0.138. The molecule has 0 radical (unpaired) electrons. The molecule has 45 heavy (non-hydrogen) atoms. The molecule has 1 heterocycles. The number of benzene rings is 3. The zero-order valence-corrected chi connectivity index (χ0v) is 25.6. The van der Waals surface area contributed by atoms with E-state index in [2.05, 4.69) is 26.1 Å². The van der Waals surface area contributed by atoms with Crippen molar-refractivity contribution in [2.75, 3.05) is 0 Å². The number of hydrogen-bond donors (Lipinski definition) is 2. The van der Waals surface area contributed by atoms with Crippen LogP contribution in [0.3, 0.4) is 0 Å². The summed E-state index contributed by atoms with van der Waals surface area (Å²) in [5, 5.41) is 13.7. The molecule has 1 fully saturated rings. The van der Waals surface area contributed by atoms with E-state index in [-0.39, 0.29) is 16.7 Å². The largest absolute Gasteiger partial charge is 0.481 e. The number of carbonyl (C=O) groups excluding carboxylic acids is 1. The van der Waals surface area contributed by atoms with E-state index < -0.39 is 36.1 Å². The van der Waals surface area contributed by atoms with Gasteiger partial charge in [-0.2, -0.15) is 13.2 Å². The number of nitrogens with one attached hydrogen (secondary N) is 1. The highest BCUT2D eigenvalue weighted by atomic mass is 19.4. The van der Waals surface area contributed by atoms with E-state index in [1.165, 1.54) is 17.7 Å². The molecular formula is C36H37F3N2O4. The number of carbonyl (C=O) groups is 2. The lowest BCUT2D eigenvalue weighted by Crippen LogP contribution is -2.31. The zero-order chi connectivity index (χ0) is 32.4. The van der Waals surface area contributed by atoms with Gasteiger partial charge in [-0.1, -0.05) is 76.8 Å². The van der Waals surface area contributed by atoms with Crippen molar-refractivity contribution in [3.8, 4) is 11.5 Å². The van der Waals surface area contributed by atoms with Gasteiger partial charge in [0.15, 0.2) is 0 Å². The second-order valence-electron chi connectivity index (χ2n) is 12.8. The van der Waals surface area contributed by atoms with Gasteiger partial charge in [0.05, 0.1) is 18.0 Å². The van der Waals surface area contributed by atoms with Crippen LogP contribution in [0.25, 0.3) is 10.8 Å². The van der Waals surface area contributed by atoms with Crippen LogP contribution < -0.4 is 10.1 Å². The average Bonchev–Trinajstić information content (AvgIpc) is 3.49. The highest BCUT2D eigenvalue weighted by molar-refractivity contribution is 5.98. The molecule has 1 aromatic heterocycles. The van der Waals surface area contributed by atoms with Crippen LogP contribution in [-0.2, 0) is 22.8 Å². The fraction of sp³-hybridized carbons (Fsp3) is 0.361. The number of hydrogen-bond acceptors (Lipinski definition) is 4. The first kappa shape index (κ1) is 32.0. The van der Waals surface area contributed by atoms with Crippen LogP contribution in [0.15, 0.2) is 72.8 Å². The minimum atomic E-state index is -4.61. The molecule has 1 aliphatic rings. The number of alkyl halides is 3. The van der Waals surface area contributed by atoms with Crippen molar-refractivity contribution in [1.82, 2.24) is 10.3 Å². The van der Waals surface area contributed by atoms with Gasteiger partial charge in [0, 0.05) is 11.1 Å². The van der Waals surface area contributed by atoms with E-state index in [9.17, 15) is 27.9 Å². The molecule has 3 aromatic carbocycles. The number of nitrogens with zero attached hydrogens (tertiary/aromatic N) is 1. The van der Waals surface area contributed by atoms with Gasteiger partial charge in [0.2, 0.25) is 0 Å². The second kappa shape index (κ2) is 12.9. The molecule has 0 aliphatic heterocycles. The second-order valence-corrected chi connectivity index (χ2v) is 12.8. The summed E-state index contributed by atoms with van der Waals surface area (Å²) in [6, 6.07) is 18.3. The van der Waals surface area contributed by atoms with Crippen LogP contribution in [0.4, 0.5) is 13.2 Å². The maximum Gasteiger partial charge on any atom is 0.416 e. The predicted octanol–water partition coefficient (Wildman–Crippen LogP) is 9.02. The van der Waals surface area contributed by atoms with E-state index >= 15 is 0 Å². The molecule has 1 atom stereocenters. The molecule has 5 rings (SSSR count). The van der Waals surface area contributed by atoms with E-state index in [1.807, 2.05) is 42.5 Å². The number of aliphatic carboxylic acids is 1. The third kappa shape index (κ3) is 8.01. The van der Waals surface area contributed by atoms with Crippen LogP contribution >= 0.6 is 0 Å². The van der Waals surface area contributed by atoms with Gasteiger partial charge in [-0.05, 0) is 76.7 Å². The lowest BCUT2D eigenvalue weighted by Gasteiger charge is -2.20. The van der Waals surface area contributed by atoms with E-state index in [0.29, 0.717) is 23.8 Å². The molecule has 1 unspecified atom stereocenters. The van der Waals surface area contributed by atoms with Crippen LogP contribution in [0.2, 0.25) is 0 Å². The van der Waals surface area contributed by atoms with Crippen LogP contribution in [0.5, 0.6) is 11.5 Å². The van der Waals surface area contributed by atoms with Crippen molar-refractivity contribution in [2.24, 2.45) is 5.92 Å². The smallest absolute Gasteiger partial charge is 0.416 e. The van der Waals surface area contributed by atoms with Crippen molar-refractivity contribution < 1.29 is 32.6 Å². The lowest BCUT2D eigenvalue weighted by atomic mass is 9.87. The summed E-state index contributed by atoms with van der Waals surface area (Å²) in [6.45, 7) is 6.45. The summed E-state index contributed by atoms with van der Waals surface area (Å²) in [5.41, 5.74) is 1.14. The fourth-order valence-electron chi connectivity index (χ4n) is 5.87. The Hall–Kier alpha value is -4.40. The van der Waals surface area contributed by atoms with Crippen molar-refractivity contribution in [3.63, 3.8) is 0 Å². The van der Waals surface area contributed by atoms with Gasteiger partial charge in [-0.15, -0.1) is 0 Å². The highest BCUT2D eigenvalue weighted by Gasteiger charge is 2.32. The van der Waals surface area contributed by atoms with Gasteiger partial charge in [-0.25, -0.2) is 4.98 Å². The van der Waals surface area contributed by atoms with Crippen molar-refractivity contribution in [1.29, 1.82) is 0 Å². The molecule has 4 aromatic rings. The summed E-state index contributed by atoms with van der Waals surface area (Å²) in [4.78, 5) is 29.9. The summed E-state index contributed by atoms with van der Waals surface area (Å²) < 4.78 is 46.3. The number of carboxylic acids is 1. The van der Waals surface area contributed by atoms with Gasteiger partial charge >= 0.3 is 12.1 Å². The first-order chi connectivity index (χ1) is 21.3. The molecule has 1 amide bonds. The molecule has 1 aliphatic carbocycles. The Morgan fingerprint density at radius 2 is 1.62 bits per heavy atom. The van der Waals surface area contributed by atoms with Crippen molar-refractivity contribution >= 4 is 22.6 Å². The maximum absolute atomic E-state index is 13.5. The summed E-state index contributed by atoms with van der Waals surface area (Å²) in [6.07, 6.45) is -0.148. The molecule has 0 saturated heterocycles. The fourth-order valence-corrected chi connectivity index (χ4v) is 5.87.